The fourth-order valence-electron chi connectivity index (χ4n) is 2.90. The highest BCUT2D eigenvalue weighted by Crippen LogP contribution is 2.26. The quantitative estimate of drug-likeness (QED) is 0.727. The van der Waals surface area contributed by atoms with Crippen molar-refractivity contribution in [2.45, 2.75) is 19.1 Å². The summed E-state index contributed by atoms with van der Waals surface area (Å²) in [5.41, 5.74) is 1.64. The van der Waals surface area contributed by atoms with E-state index in [-0.39, 0.29) is 12.5 Å². The van der Waals surface area contributed by atoms with Gasteiger partial charge in [-0.05, 0) is 29.5 Å². The van der Waals surface area contributed by atoms with E-state index >= 15 is 0 Å². The number of nitrogens with one attached hydrogen (secondary N) is 1. The van der Waals surface area contributed by atoms with Crippen LogP contribution in [0.15, 0.2) is 29.9 Å². The molecule has 0 bridgehead atoms. The van der Waals surface area contributed by atoms with Gasteiger partial charge in [-0.15, -0.1) is 11.3 Å². The number of nitrogens with zero attached hydrogens (tertiary/aromatic N) is 4. The summed E-state index contributed by atoms with van der Waals surface area (Å²) in [6, 6.07) is 3.20. The Morgan fingerprint density at radius 2 is 2.31 bits per heavy atom. The van der Waals surface area contributed by atoms with Crippen molar-refractivity contribution in [2.24, 2.45) is 0 Å². The minimum absolute atomic E-state index is 0.216. The standard InChI is InChI=1S/C17H16FN5O2S/c18-11-5-10(6-19-8-11)7-20-17-21-13-2-4-26-15(13)14(22-17)16(25)23-3-1-12(24)9-23/h2,4-6,8,12,24H,1,3,7,9H2,(H,20,21,22)/t12-/m0/s1. The molecule has 1 aliphatic heterocycles. The van der Waals surface area contributed by atoms with Crippen LogP contribution in [0.25, 0.3) is 10.2 Å². The van der Waals surface area contributed by atoms with E-state index in [1.165, 1.54) is 17.4 Å². The fraction of sp³-hybridized carbons (Fsp3) is 0.294. The average Bonchev–Trinajstić information content (AvgIpc) is 3.27. The molecule has 0 aromatic carbocycles. The summed E-state index contributed by atoms with van der Waals surface area (Å²) in [6.45, 7) is 1.11. The Labute approximate surface area is 152 Å². The van der Waals surface area contributed by atoms with Crippen LogP contribution in [0, 0.1) is 5.82 Å². The Balaban J connectivity index is 1.61. The van der Waals surface area contributed by atoms with Crippen molar-refractivity contribution < 1.29 is 14.3 Å². The molecule has 7 nitrogen and oxygen atoms in total. The van der Waals surface area contributed by atoms with Crippen molar-refractivity contribution in [3.63, 3.8) is 0 Å². The minimum Gasteiger partial charge on any atom is -0.391 e. The van der Waals surface area contributed by atoms with E-state index in [9.17, 15) is 14.3 Å². The Morgan fingerprint density at radius 3 is 3.08 bits per heavy atom. The summed E-state index contributed by atoms with van der Waals surface area (Å²) in [4.78, 5) is 27.0. The maximum atomic E-state index is 13.2. The molecule has 0 radical (unpaired) electrons. The van der Waals surface area contributed by atoms with Gasteiger partial charge in [0.25, 0.3) is 5.91 Å². The van der Waals surface area contributed by atoms with Gasteiger partial charge < -0.3 is 15.3 Å². The molecule has 26 heavy (non-hydrogen) atoms. The molecular formula is C17H16FN5O2S. The van der Waals surface area contributed by atoms with E-state index in [0.29, 0.717) is 42.2 Å². The van der Waals surface area contributed by atoms with Crippen LogP contribution in [0.4, 0.5) is 10.3 Å². The second-order valence-electron chi connectivity index (χ2n) is 6.09. The zero-order valence-electron chi connectivity index (χ0n) is 13.7. The van der Waals surface area contributed by atoms with Crippen molar-refractivity contribution in [3.05, 3.63) is 47.0 Å². The van der Waals surface area contributed by atoms with E-state index in [1.807, 2.05) is 11.4 Å². The van der Waals surface area contributed by atoms with Crippen LogP contribution in [-0.2, 0) is 6.54 Å². The number of amides is 1. The van der Waals surface area contributed by atoms with Crippen molar-refractivity contribution in [1.29, 1.82) is 0 Å². The Morgan fingerprint density at radius 1 is 1.42 bits per heavy atom. The summed E-state index contributed by atoms with van der Waals surface area (Å²) in [6.07, 6.45) is 2.77. The van der Waals surface area contributed by atoms with E-state index in [4.69, 9.17) is 0 Å². The maximum absolute atomic E-state index is 13.2. The van der Waals surface area contributed by atoms with Gasteiger partial charge in [0, 0.05) is 25.8 Å². The highest BCUT2D eigenvalue weighted by atomic mass is 32.1. The van der Waals surface area contributed by atoms with Gasteiger partial charge in [0.1, 0.15) is 5.82 Å². The highest BCUT2D eigenvalue weighted by molar-refractivity contribution is 7.17. The molecule has 3 aromatic rings. The largest absolute Gasteiger partial charge is 0.391 e. The molecule has 4 heterocycles. The van der Waals surface area contributed by atoms with Crippen LogP contribution in [0.3, 0.4) is 0 Å². The van der Waals surface area contributed by atoms with Gasteiger partial charge in [-0.1, -0.05) is 0 Å². The monoisotopic (exact) mass is 373 g/mol. The number of thiophene rings is 1. The van der Waals surface area contributed by atoms with Crippen LogP contribution in [0.2, 0.25) is 0 Å². The fourth-order valence-corrected chi connectivity index (χ4v) is 3.71. The first-order chi connectivity index (χ1) is 12.6. The first kappa shape index (κ1) is 16.8. The second-order valence-corrected chi connectivity index (χ2v) is 7.01. The van der Waals surface area contributed by atoms with Gasteiger partial charge in [0.05, 0.1) is 22.5 Å². The number of likely N-dealkylation sites (tertiary alicyclic amines) is 1. The zero-order chi connectivity index (χ0) is 18.1. The normalized spacial score (nSPS) is 17.0. The lowest BCUT2D eigenvalue weighted by atomic mass is 10.3. The predicted octanol–water partition coefficient (Wildman–Crippen LogP) is 2.04. The third-order valence-corrected chi connectivity index (χ3v) is 5.08. The van der Waals surface area contributed by atoms with Gasteiger partial charge >= 0.3 is 0 Å². The van der Waals surface area contributed by atoms with Crippen molar-refractivity contribution in [1.82, 2.24) is 19.9 Å². The van der Waals surface area contributed by atoms with Crippen molar-refractivity contribution in [3.8, 4) is 0 Å². The molecular weight excluding hydrogens is 357 g/mol. The topological polar surface area (TPSA) is 91.2 Å². The van der Waals surface area contributed by atoms with Gasteiger partial charge in [-0.25, -0.2) is 14.4 Å². The van der Waals surface area contributed by atoms with E-state index in [0.717, 1.165) is 10.9 Å². The van der Waals surface area contributed by atoms with E-state index in [2.05, 4.69) is 20.3 Å². The number of aliphatic hydroxyl groups is 1. The van der Waals surface area contributed by atoms with Crippen molar-refractivity contribution in [2.75, 3.05) is 18.4 Å². The zero-order valence-corrected chi connectivity index (χ0v) is 14.5. The minimum atomic E-state index is -0.488. The van der Waals surface area contributed by atoms with Gasteiger partial charge in [0.15, 0.2) is 5.69 Å². The lowest BCUT2D eigenvalue weighted by molar-refractivity contribution is 0.0761. The lowest BCUT2D eigenvalue weighted by Crippen LogP contribution is -2.30. The molecule has 0 unspecified atom stereocenters. The molecule has 3 aromatic heterocycles. The Hall–Kier alpha value is -2.65. The average molecular weight is 373 g/mol. The summed E-state index contributed by atoms with van der Waals surface area (Å²) < 4.78 is 14.0. The molecule has 0 spiro atoms. The number of pyridine rings is 1. The second kappa shape index (κ2) is 6.93. The Bertz CT molecular complexity index is 963. The summed E-state index contributed by atoms with van der Waals surface area (Å²) in [5, 5.41) is 14.6. The van der Waals surface area contributed by atoms with Crippen LogP contribution in [0.5, 0.6) is 0 Å². The van der Waals surface area contributed by atoms with Gasteiger partial charge in [-0.2, -0.15) is 0 Å². The molecule has 1 saturated heterocycles. The maximum Gasteiger partial charge on any atom is 0.274 e. The van der Waals surface area contributed by atoms with E-state index in [1.54, 1.807) is 11.1 Å². The molecule has 134 valence electrons. The Kier molecular flexibility index (Phi) is 4.48. The summed E-state index contributed by atoms with van der Waals surface area (Å²) >= 11 is 1.40. The SMILES string of the molecule is O=C(c1nc(NCc2cncc(F)c2)nc2ccsc12)N1CC[C@H](O)C1. The molecule has 1 aliphatic rings. The number of β-amino-alcohol motifs (C(OH)–C–C–N with tert-alkyl or cyclic N) is 1. The molecule has 1 amide bonds. The first-order valence-corrected chi connectivity index (χ1v) is 9.04. The first-order valence-electron chi connectivity index (χ1n) is 8.16. The molecule has 1 atom stereocenters. The van der Waals surface area contributed by atoms with E-state index < -0.39 is 11.9 Å². The number of aromatic nitrogens is 3. The number of fused-ring (bicyclic) bond motifs is 1. The number of hydrogen-bond donors (Lipinski definition) is 2. The number of anilines is 1. The number of aliphatic hydroxyl groups excluding tert-OH is 1. The summed E-state index contributed by atoms with van der Waals surface area (Å²) in [7, 11) is 0. The van der Waals surface area contributed by atoms with Crippen LogP contribution in [0.1, 0.15) is 22.5 Å². The van der Waals surface area contributed by atoms with Gasteiger partial charge in [-0.3, -0.25) is 9.78 Å². The third-order valence-electron chi connectivity index (χ3n) is 4.17. The number of carbonyl (C=O) groups excluding carboxylic acids is 1. The van der Waals surface area contributed by atoms with Crippen LogP contribution in [-0.4, -0.2) is 50.1 Å². The molecule has 2 N–H and O–H groups in total. The lowest BCUT2D eigenvalue weighted by Gasteiger charge is -2.16. The molecule has 4 rings (SSSR count). The molecule has 0 aliphatic carbocycles. The highest BCUT2D eigenvalue weighted by Gasteiger charge is 2.28. The summed E-state index contributed by atoms with van der Waals surface area (Å²) in [5.74, 6) is -0.336. The molecule has 1 fully saturated rings. The smallest absolute Gasteiger partial charge is 0.274 e. The third kappa shape index (κ3) is 3.35. The number of carbonyl (C=O) groups is 1. The molecule has 9 heteroatoms. The van der Waals surface area contributed by atoms with Crippen molar-refractivity contribution >= 4 is 33.4 Å². The number of rotatable bonds is 4. The molecule has 0 saturated carbocycles. The predicted molar refractivity (Wildman–Crippen MR) is 95.5 cm³/mol. The van der Waals surface area contributed by atoms with Crippen LogP contribution >= 0.6 is 11.3 Å². The number of hydrogen-bond acceptors (Lipinski definition) is 7. The van der Waals surface area contributed by atoms with Crippen LogP contribution < -0.4 is 5.32 Å². The number of halogens is 1. The van der Waals surface area contributed by atoms with Gasteiger partial charge in [0.2, 0.25) is 5.95 Å².